The highest BCUT2D eigenvalue weighted by atomic mass is 31.2. The molecule has 0 rings (SSSR count). The zero-order valence-electron chi connectivity index (χ0n) is 67.8. The van der Waals surface area contributed by atoms with Crippen LogP contribution in [0.4, 0.5) is 0 Å². The Morgan fingerprint density at radius 2 is 0.447 bits per heavy atom. The number of phosphoric acid groups is 2. The fraction of sp³-hybridized carbons (Fsp3) is 0.952. The van der Waals surface area contributed by atoms with Crippen LogP contribution in [0.25, 0.3) is 0 Å². The summed E-state index contributed by atoms with van der Waals surface area (Å²) in [5.74, 6) is 0.176. The molecule has 17 nitrogen and oxygen atoms in total. The molecule has 5 atom stereocenters. The van der Waals surface area contributed by atoms with E-state index in [0.29, 0.717) is 25.7 Å². The number of ether oxygens (including phenoxy) is 4. The van der Waals surface area contributed by atoms with Gasteiger partial charge in [-0.25, -0.2) is 9.13 Å². The molecular weight excluding hydrogens is 1340 g/mol. The largest absolute Gasteiger partial charge is 0.472 e. The second-order valence-corrected chi connectivity index (χ2v) is 34.6. The first-order valence-electron chi connectivity index (χ1n) is 43.3. The van der Waals surface area contributed by atoms with E-state index < -0.39 is 97.5 Å². The minimum absolute atomic E-state index is 0.105. The van der Waals surface area contributed by atoms with E-state index in [0.717, 1.165) is 108 Å². The van der Waals surface area contributed by atoms with E-state index in [1.807, 2.05) is 0 Å². The molecule has 0 bridgehead atoms. The van der Waals surface area contributed by atoms with Crippen LogP contribution in [-0.4, -0.2) is 96.7 Å². The summed E-state index contributed by atoms with van der Waals surface area (Å²) < 4.78 is 68.8. The van der Waals surface area contributed by atoms with Crippen LogP contribution in [0.1, 0.15) is 440 Å². The highest BCUT2D eigenvalue weighted by molar-refractivity contribution is 7.47. The first-order valence-corrected chi connectivity index (χ1v) is 46.3. The second kappa shape index (κ2) is 74.2. The Balaban J connectivity index is 5.23. The van der Waals surface area contributed by atoms with Crippen molar-refractivity contribution in [2.45, 2.75) is 458 Å². The van der Waals surface area contributed by atoms with Crippen molar-refractivity contribution in [2.75, 3.05) is 39.6 Å². The van der Waals surface area contributed by atoms with Crippen LogP contribution < -0.4 is 0 Å². The van der Waals surface area contributed by atoms with Gasteiger partial charge in [0.2, 0.25) is 0 Å². The Bertz CT molecular complexity index is 1990. The molecule has 19 heteroatoms. The summed E-state index contributed by atoms with van der Waals surface area (Å²) in [7, 11) is -9.93. The number of phosphoric ester groups is 2. The van der Waals surface area contributed by atoms with Gasteiger partial charge < -0.3 is 33.8 Å². The molecular formula is C84H164O17P2. The molecule has 0 aromatic carbocycles. The van der Waals surface area contributed by atoms with Gasteiger partial charge in [-0.05, 0) is 43.4 Å². The predicted molar refractivity (Wildman–Crippen MR) is 423 cm³/mol. The number of carbonyl (C=O) groups is 4. The van der Waals surface area contributed by atoms with Gasteiger partial charge in [-0.1, -0.05) is 389 Å². The summed E-state index contributed by atoms with van der Waals surface area (Å²) in [6, 6.07) is 0. The van der Waals surface area contributed by atoms with E-state index in [1.165, 1.54) is 250 Å². The molecule has 0 saturated carbocycles. The molecule has 0 aliphatic heterocycles. The molecule has 0 heterocycles. The third-order valence-corrected chi connectivity index (χ3v) is 21.5. The van der Waals surface area contributed by atoms with Crippen LogP contribution >= 0.6 is 15.6 Å². The zero-order chi connectivity index (χ0) is 75.8. The van der Waals surface area contributed by atoms with Crippen LogP contribution in [0, 0.1) is 17.8 Å². The lowest BCUT2D eigenvalue weighted by molar-refractivity contribution is -0.161. The third kappa shape index (κ3) is 78.0. The van der Waals surface area contributed by atoms with Gasteiger partial charge in [0.15, 0.2) is 12.2 Å². The average molecular weight is 1510 g/mol. The third-order valence-electron chi connectivity index (χ3n) is 19.6. The molecule has 0 aliphatic carbocycles. The molecule has 103 heavy (non-hydrogen) atoms. The van der Waals surface area contributed by atoms with E-state index in [9.17, 15) is 43.2 Å². The molecule has 0 amide bonds. The van der Waals surface area contributed by atoms with Crippen molar-refractivity contribution in [2.24, 2.45) is 17.8 Å². The number of aliphatic hydroxyl groups is 1. The van der Waals surface area contributed by atoms with E-state index in [-0.39, 0.29) is 25.7 Å². The van der Waals surface area contributed by atoms with Crippen molar-refractivity contribution in [1.29, 1.82) is 0 Å². The maximum atomic E-state index is 13.1. The van der Waals surface area contributed by atoms with Gasteiger partial charge in [-0.3, -0.25) is 37.3 Å². The summed E-state index contributed by atoms with van der Waals surface area (Å²) >= 11 is 0. The minimum Gasteiger partial charge on any atom is -0.462 e. The Morgan fingerprint density at radius 3 is 0.660 bits per heavy atom. The Kier molecular flexibility index (Phi) is 72.8. The van der Waals surface area contributed by atoms with Crippen molar-refractivity contribution in [3.8, 4) is 0 Å². The Labute approximate surface area is 632 Å². The highest BCUT2D eigenvalue weighted by Crippen LogP contribution is 2.45. The minimum atomic E-state index is -4.96. The molecule has 2 unspecified atom stereocenters. The molecule has 0 radical (unpaired) electrons. The monoisotopic (exact) mass is 1510 g/mol. The fourth-order valence-corrected chi connectivity index (χ4v) is 14.6. The number of unbranched alkanes of at least 4 members (excludes halogenated alkanes) is 50. The number of rotatable bonds is 82. The Morgan fingerprint density at radius 1 is 0.262 bits per heavy atom. The van der Waals surface area contributed by atoms with Gasteiger partial charge in [0.1, 0.15) is 19.3 Å². The van der Waals surface area contributed by atoms with Gasteiger partial charge in [0, 0.05) is 25.7 Å². The van der Waals surface area contributed by atoms with Crippen LogP contribution in [-0.2, 0) is 65.4 Å². The van der Waals surface area contributed by atoms with Crippen LogP contribution in [0.3, 0.4) is 0 Å². The topological polar surface area (TPSA) is 237 Å². The maximum absolute atomic E-state index is 13.1. The van der Waals surface area contributed by atoms with Gasteiger partial charge in [-0.2, -0.15) is 0 Å². The van der Waals surface area contributed by atoms with Crippen LogP contribution in [0.2, 0.25) is 0 Å². The van der Waals surface area contributed by atoms with Crippen molar-refractivity contribution < 1.29 is 80.2 Å². The highest BCUT2D eigenvalue weighted by Gasteiger charge is 2.30. The van der Waals surface area contributed by atoms with Gasteiger partial charge in [-0.15, -0.1) is 0 Å². The first-order chi connectivity index (χ1) is 49.7. The fourth-order valence-electron chi connectivity index (χ4n) is 13.0. The lowest BCUT2D eigenvalue weighted by atomic mass is 10.0. The van der Waals surface area contributed by atoms with Crippen molar-refractivity contribution in [3.63, 3.8) is 0 Å². The molecule has 0 saturated heterocycles. The molecule has 0 spiro atoms. The summed E-state index contributed by atoms with van der Waals surface area (Å²) in [6.45, 7) is 11.9. The second-order valence-electron chi connectivity index (χ2n) is 31.6. The molecule has 0 aliphatic rings. The van der Waals surface area contributed by atoms with Gasteiger partial charge in [0.05, 0.1) is 26.4 Å². The normalized spacial score (nSPS) is 13.9. The maximum Gasteiger partial charge on any atom is 0.472 e. The first kappa shape index (κ1) is 101. The number of hydrogen-bond acceptors (Lipinski definition) is 15. The SMILES string of the molecule is CCCCCCCCCCCCCCCCCCCCCCCC(=O)O[C@H](COC(=O)CCCCCCCCCCCCCCCCCC(C)C)COP(=O)(O)OC[C@@H](O)COP(=O)(O)OC[C@@H](COC(=O)CCCCCCCCCCC(C)C)OC(=O)CCCCCCCCCCCCC(C)C. The quantitative estimate of drug-likeness (QED) is 0.0222. The number of hydrogen-bond donors (Lipinski definition) is 3. The summed E-state index contributed by atoms with van der Waals surface area (Å²) in [5, 5.41) is 10.7. The van der Waals surface area contributed by atoms with Gasteiger partial charge >= 0.3 is 39.5 Å². The standard InChI is InChI=1S/C84H164O17P2/c1-8-9-10-11-12-13-14-15-16-17-18-19-20-21-24-28-31-37-46-53-60-67-83(88)100-79(71-94-81(86)65-58-51-44-36-30-27-25-22-23-26-29-34-41-48-55-62-75(2)3)73-98-102(90,91)96-69-78(85)70-97-103(92,93)99-74-80(72-95-82(87)66-59-52-45-40-39-43-50-57-64-77(6)7)101-84(89)68-61-54-47-38-33-32-35-42-49-56-63-76(4)5/h75-80,85H,8-74H2,1-7H3,(H,90,91)(H,92,93)/t78-,79-,80-/m1/s1. The van der Waals surface area contributed by atoms with E-state index in [2.05, 4.69) is 48.5 Å². The lowest BCUT2D eigenvalue weighted by Gasteiger charge is -2.21. The Hall–Kier alpha value is -1.94. The van der Waals surface area contributed by atoms with Crippen molar-refractivity contribution in [1.82, 2.24) is 0 Å². The van der Waals surface area contributed by atoms with Crippen molar-refractivity contribution >= 4 is 39.5 Å². The van der Waals surface area contributed by atoms with Crippen LogP contribution in [0.5, 0.6) is 0 Å². The average Bonchev–Trinajstić information content (AvgIpc) is 0.915. The molecule has 612 valence electrons. The predicted octanol–water partition coefficient (Wildman–Crippen LogP) is 25.3. The van der Waals surface area contributed by atoms with E-state index in [1.54, 1.807) is 0 Å². The van der Waals surface area contributed by atoms with E-state index in [4.69, 9.17) is 37.0 Å². The van der Waals surface area contributed by atoms with Crippen LogP contribution in [0.15, 0.2) is 0 Å². The molecule has 0 fully saturated rings. The molecule has 3 N–H and O–H groups in total. The summed E-state index contributed by atoms with van der Waals surface area (Å²) in [5.41, 5.74) is 0. The van der Waals surface area contributed by atoms with Crippen molar-refractivity contribution in [3.05, 3.63) is 0 Å². The molecule has 0 aromatic rings. The summed E-state index contributed by atoms with van der Waals surface area (Å²) in [6.07, 6.45) is 64.0. The summed E-state index contributed by atoms with van der Waals surface area (Å²) in [4.78, 5) is 73.1. The van der Waals surface area contributed by atoms with E-state index >= 15 is 0 Å². The number of aliphatic hydroxyl groups excluding tert-OH is 1. The lowest BCUT2D eigenvalue weighted by Crippen LogP contribution is -2.30. The molecule has 0 aromatic heterocycles. The zero-order valence-corrected chi connectivity index (χ0v) is 69.6. The number of esters is 4. The smallest absolute Gasteiger partial charge is 0.462 e. The number of carbonyl (C=O) groups excluding carboxylic acids is 4. The van der Waals surface area contributed by atoms with Gasteiger partial charge in [0.25, 0.3) is 0 Å².